The summed E-state index contributed by atoms with van der Waals surface area (Å²) < 4.78 is 77.6. The van der Waals surface area contributed by atoms with Crippen LogP contribution in [0.4, 0.5) is 26.7 Å². The van der Waals surface area contributed by atoms with Crippen LogP contribution >= 0.6 is 11.6 Å². The molecule has 0 unspecified atom stereocenters. The molecule has 2 aromatic carbocycles. The Labute approximate surface area is 265 Å². The van der Waals surface area contributed by atoms with Crippen LogP contribution in [0.5, 0.6) is 5.75 Å². The number of urea groups is 1. The second-order valence-corrected chi connectivity index (χ2v) is 11.0. The van der Waals surface area contributed by atoms with Crippen LogP contribution in [0.3, 0.4) is 0 Å². The van der Waals surface area contributed by atoms with E-state index < -0.39 is 59.5 Å². The zero-order valence-electron chi connectivity index (χ0n) is 24.4. The second-order valence-electron chi connectivity index (χ2n) is 10.6. The molecule has 1 saturated carbocycles. The second kappa shape index (κ2) is 14.8. The first-order valence-electron chi connectivity index (χ1n) is 14.1. The highest BCUT2D eigenvalue weighted by Crippen LogP contribution is 2.37. The van der Waals surface area contributed by atoms with Crippen LogP contribution in [0.2, 0.25) is 5.02 Å². The number of alkyl halides is 4. The van der Waals surface area contributed by atoms with E-state index in [1.807, 2.05) is 0 Å². The molecular formula is C31H30ClF5N4O5. The number of carbonyl (C=O) groups is 3. The molecule has 3 amide bonds. The van der Waals surface area contributed by atoms with Crippen LogP contribution < -0.4 is 20.7 Å². The Morgan fingerprint density at radius 1 is 1.07 bits per heavy atom. The third kappa shape index (κ3) is 8.42. The molecule has 1 aliphatic rings. The molecule has 9 nitrogen and oxygen atoms in total. The van der Waals surface area contributed by atoms with E-state index in [1.165, 1.54) is 25.4 Å². The number of benzene rings is 2. The lowest BCUT2D eigenvalue weighted by Gasteiger charge is -2.36. The predicted molar refractivity (Wildman–Crippen MR) is 156 cm³/mol. The summed E-state index contributed by atoms with van der Waals surface area (Å²) in [5, 5.41) is 8.25. The number of hydrogen-bond acceptors (Lipinski definition) is 6. The average molecular weight is 669 g/mol. The lowest BCUT2D eigenvalue weighted by atomic mass is 9.80. The van der Waals surface area contributed by atoms with Gasteiger partial charge in [0, 0.05) is 24.7 Å². The Bertz CT molecular complexity index is 1530. The molecule has 1 fully saturated rings. The van der Waals surface area contributed by atoms with E-state index in [9.17, 15) is 31.9 Å². The Morgan fingerprint density at radius 2 is 1.80 bits per heavy atom. The third-order valence-electron chi connectivity index (χ3n) is 7.48. The van der Waals surface area contributed by atoms with E-state index in [1.54, 1.807) is 30.3 Å². The van der Waals surface area contributed by atoms with E-state index in [4.69, 9.17) is 11.6 Å². The summed E-state index contributed by atoms with van der Waals surface area (Å²) in [6, 6.07) is 12.3. The summed E-state index contributed by atoms with van der Waals surface area (Å²) >= 11 is 6.08. The van der Waals surface area contributed by atoms with Gasteiger partial charge >= 0.3 is 24.5 Å². The van der Waals surface area contributed by atoms with E-state index >= 15 is 4.39 Å². The fourth-order valence-corrected chi connectivity index (χ4v) is 5.44. The molecule has 3 N–H and O–H groups in total. The van der Waals surface area contributed by atoms with Crippen molar-refractivity contribution in [2.24, 2.45) is 5.92 Å². The molecule has 3 aromatic rings. The van der Waals surface area contributed by atoms with Gasteiger partial charge < -0.3 is 25.4 Å². The van der Waals surface area contributed by atoms with Gasteiger partial charge in [-0.2, -0.15) is 17.6 Å². The number of carbonyl (C=O) groups excluding carboxylic acids is 3. The monoisotopic (exact) mass is 668 g/mol. The zero-order chi connectivity index (χ0) is 33.5. The zero-order valence-corrected chi connectivity index (χ0v) is 25.1. The minimum absolute atomic E-state index is 0.0897. The maximum atomic E-state index is 15.1. The molecule has 4 rings (SSSR count). The molecule has 0 aliphatic heterocycles. The molecular weight excluding hydrogens is 639 g/mol. The van der Waals surface area contributed by atoms with Crippen LogP contribution in [0, 0.1) is 11.7 Å². The largest absolute Gasteiger partial charge is 0.468 e. The molecule has 1 heterocycles. The van der Waals surface area contributed by atoms with Gasteiger partial charge in [0.2, 0.25) is 5.91 Å². The molecule has 0 saturated heterocycles. The first kappa shape index (κ1) is 34.4. The van der Waals surface area contributed by atoms with E-state index in [-0.39, 0.29) is 29.2 Å². The lowest BCUT2D eigenvalue weighted by molar-refractivity contribution is -0.253. The molecule has 3 atom stereocenters. The maximum Gasteiger partial charge on any atom is 0.461 e. The number of aromatic nitrogens is 1. The molecule has 0 radical (unpaired) electrons. The SMILES string of the molecule is COC(=O)CNC(=O)[C@H]1CCC[C@H]1NC(=O)N[C@@](Cc1ccccc1)(c1cc(F)cc(OC(F)(F)C(F)F)c1)c1ccc(Cl)cn1. The number of amides is 3. The highest BCUT2D eigenvalue weighted by atomic mass is 35.5. The number of pyridine rings is 1. The summed E-state index contributed by atoms with van der Waals surface area (Å²) in [4.78, 5) is 42.4. The van der Waals surface area contributed by atoms with Gasteiger partial charge in [-0.25, -0.2) is 9.18 Å². The third-order valence-corrected chi connectivity index (χ3v) is 7.70. The fraction of sp³-hybridized carbons (Fsp3) is 0.355. The van der Waals surface area contributed by atoms with Crippen molar-refractivity contribution in [2.45, 2.75) is 49.8 Å². The van der Waals surface area contributed by atoms with Gasteiger partial charge in [0.25, 0.3) is 0 Å². The van der Waals surface area contributed by atoms with Crippen LogP contribution in [0.25, 0.3) is 0 Å². The van der Waals surface area contributed by atoms with E-state index in [2.05, 4.69) is 30.4 Å². The molecule has 15 heteroatoms. The Morgan fingerprint density at radius 3 is 2.46 bits per heavy atom. The minimum Gasteiger partial charge on any atom is -0.468 e. The highest BCUT2D eigenvalue weighted by Gasteiger charge is 2.45. The first-order valence-corrected chi connectivity index (χ1v) is 14.5. The number of nitrogens with zero attached hydrogens (tertiary/aromatic N) is 1. The molecule has 0 spiro atoms. The Balaban J connectivity index is 1.76. The normalized spacial score (nSPS) is 17.6. The van der Waals surface area contributed by atoms with Gasteiger partial charge in [0.15, 0.2) is 0 Å². The van der Waals surface area contributed by atoms with Crippen LogP contribution in [-0.2, 0) is 26.3 Å². The fourth-order valence-electron chi connectivity index (χ4n) is 5.33. The maximum absolute atomic E-state index is 15.1. The van der Waals surface area contributed by atoms with Gasteiger partial charge in [0.1, 0.15) is 23.7 Å². The lowest BCUT2D eigenvalue weighted by Crippen LogP contribution is -2.55. The topological polar surface area (TPSA) is 119 Å². The summed E-state index contributed by atoms with van der Waals surface area (Å²) in [6.07, 6.45) is -6.61. The number of ether oxygens (including phenoxy) is 2. The van der Waals surface area contributed by atoms with Gasteiger partial charge in [-0.05, 0) is 48.2 Å². The minimum atomic E-state index is -4.94. The first-order chi connectivity index (χ1) is 21.8. The standard InChI is InChI=1S/C31H30ClF5N4O5/c1-45-26(42)17-39-27(43)23-8-5-9-24(23)40-29(44)41-30(15-18-6-3-2-4-7-18,25-11-10-20(32)16-38-25)19-12-21(33)14-22(13-19)46-31(36,37)28(34)35/h2-4,6-7,10-14,16,23-24,28H,5,8-9,15,17H2,1H3,(H,39,43)(H2,40,41,44)/t23-,24+,30-/m0/s1. The molecule has 46 heavy (non-hydrogen) atoms. The van der Waals surface area contributed by atoms with Gasteiger partial charge in [-0.3, -0.25) is 14.6 Å². The van der Waals surface area contributed by atoms with E-state index in [0.29, 0.717) is 30.9 Å². The number of halogens is 6. The quantitative estimate of drug-likeness (QED) is 0.177. The Hall–Kier alpha value is -4.46. The van der Waals surface area contributed by atoms with Crippen molar-refractivity contribution in [2.75, 3.05) is 13.7 Å². The average Bonchev–Trinajstić information content (AvgIpc) is 3.47. The van der Waals surface area contributed by atoms with Crippen molar-refractivity contribution in [1.29, 1.82) is 0 Å². The van der Waals surface area contributed by atoms with Crippen molar-refractivity contribution < 1.29 is 45.8 Å². The molecule has 246 valence electrons. The van der Waals surface area contributed by atoms with Crippen molar-refractivity contribution in [3.8, 4) is 5.75 Å². The van der Waals surface area contributed by atoms with Crippen molar-refractivity contribution in [1.82, 2.24) is 20.9 Å². The number of methoxy groups -OCH3 is 1. The molecule has 0 bridgehead atoms. The van der Waals surface area contributed by atoms with Crippen molar-refractivity contribution in [3.63, 3.8) is 0 Å². The van der Waals surface area contributed by atoms with Crippen molar-refractivity contribution in [3.05, 3.63) is 94.5 Å². The summed E-state index contributed by atoms with van der Waals surface area (Å²) in [5.41, 5.74) is -1.31. The summed E-state index contributed by atoms with van der Waals surface area (Å²) in [6.45, 7) is -0.359. The van der Waals surface area contributed by atoms with Gasteiger partial charge in [-0.1, -0.05) is 48.4 Å². The van der Waals surface area contributed by atoms with E-state index in [0.717, 1.165) is 12.1 Å². The van der Waals surface area contributed by atoms with Crippen LogP contribution in [-0.4, -0.2) is 55.1 Å². The number of rotatable bonds is 12. The number of nitrogens with one attached hydrogen (secondary N) is 3. The van der Waals surface area contributed by atoms with Gasteiger partial charge in [0.05, 0.1) is 23.7 Å². The smallest absolute Gasteiger partial charge is 0.461 e. The van der Waals surface area contributed by atoms with Crippen LogP contribution in [0.15, 0.2) is 66.9 Å². The van der Waals surface area contributed by atoms with Crippen LogP contribution in [0.1, 0.15) is 36.1 Å². The summed E-state index contributed by atoms with van der Waals surface area (Å²) in [5.74, 6) is -3.87. The molecule has 1 aliphatic carbocycles. The highest BCUT2D eigenvalue weighted by molar-refractivity contribution is 6.30. The van der Waals surface area contributed by atoms with Crippen molar-refractivity contribution >= 4 is 29.5 Å². The van der Waals surface area contributed by atoms with Gasteiger partial charge in [-0.15, -0.1) is 0 Å². The Kier molecular flexibility index (Phi) is 11.0. The summed E-state index contributed by atoms with van der Waals surface area (Å²) in [7, 11) is 1.17. The number of esters is 1. The number of hydrogen-bond donors (Lipinski definition) is 3. The predicted octanol–water partition coefficient (Wildman–Crippen LogP) is 5.35. The molecule has 1 aromatic heterocycles.